The topological polar surface area (TPSA) is 146 Å². The highest BCUT2D eigenvalue weighted by Crippen LogP contribution is 2.21. The zero-order valence-corrected chi connectivity index (χ0v) is 13.3. The molecule has 9 nitrogen and oxygen atoms in total. The normalized spacial score (nSPS) is 10.6. The molecular weight excluding hydrogens is 359 g/mol. The Labute approximate surface area is 145 Å². The van der Waals surface area contributed by atoms with Crippen molar-refractivity contribution in [3.05, 3.63) is 29.8 Å². The lowest BCUT2D eigenvalue weighted by Gasteiger charge is -2.09. The molecule has 0 aromatic heterocycles. The monoisotopic (exact) mass is 375 g/mol. The number of nitrogens with one attached hydrogen (secondary N) is 4. The largest absolute Gasteiger partial charge is 0.389 e. The Kier molecular flexibility index (Phi) is 7.37. The van der Waals surface area contributed by atoms with Crippen LogP contribution in [0.15, 0.2) is 24.3 Å². The van der Waals surface area contributed by atoms with Gasteiger partial charge >= 0.3 is 12.1 Å². The Bertz CT molecular complexity index is 693. The molecule has 0 bridgehead atoms. The number of carbonyl (C=O) groups is 3. The zero-order chi connectivity index (χ0) is 19.7. The van der Waals surface area contributed by atoms with Gasteiger partial charge in [-0.05, 0) is 18.2 Å². The second-order valence-corrected chi connectivity index (χ2v) is 4.92. The molecule has 0 aliphatic rings. The van der Waals surface area contributed by atoms with Crippen LogP contribution in [0.2, 0.25) is 0 Å². The number of halogens is 3. The molecule has 0 unspecified atom stereocenters. The molecular formula is C14H16F3N5O4. The lowest BCUT2D eigenvalue weighted by atomic mass is 10.2. The first-order valence-corrected chi connectivity index (χ1v) is 7.11. The smallest absolute Gasteiger partial charge is 0.370 e. The van der Waals surface area contributed by atoms with Crippen molar-refractivity contribution in [3.63, 3.8) is 0 Å². The number of hydrogen-bond donors (Lipinski definition) is 5. The van der Waals surface area contributed by atoms with Gasteiger partial charge in [0, 0.05) is 11.3 Å². The van der Waals surface area contributed by atoms with Crippen LogP contribution in [0.1, 0.15) is 23.2 Å². The number of guanidine groups is 1. The van der Waals surface area contributed by atoms with Gasteiger partial charge in [-0.3, -0.25) is 15.0 Å². The van der Waals surface area contributed by atoms with Gasteiger partial charge in [0.2, 0.25) is 0 Å². The van der Waals surface area contributed by atoms with Crippen LogP contribution in [-0.2, 0) is 14.4 Å². The van der Waals surface area contributed by atoms with E-state index < -0.39 is 43.3 Å². The minimum Gasteiger partial charge on any atom is -0.370 e. The summed E-state index contributed by atoms with van der Waals surface area (Å²) in [6.07, 6.45) is -6.82. The minimum atomic E-state index is -4.51. The molecule has 12 heteroatoms. The third-order valence-electron chi connectivity index (χ3n) is 2.70. The Morgan fingerprint density at radius 2 is 1.92 bits per heavy atom. The summed E-state index contributed by atoms with van der Waals surface area (Å²) in [6.45, 7) is -0.574. The van der Waals surface area contributed by atoms with Crippen LogP contribution in [-0.4, -0.2) is 36.5 Å². The van der Waals surface area contributed by atoms with Crippen molar-refractivity contribution < 1.29 is 32.4 Å². The highest BCUT2D eigenvalue weighted by Gasteiger charge is 2.28. The van der Waals surface area contributed by atoms with E-state index in [1.165, 1.54) is 18.2 Å². The van der Waals surface area contributed by atoms with Crippen molar-refractivity contribution in [1.82, 2.24) is 10.8 Å². The number of hydroxylamine groups is 1. The van der Waals surface area contributed by atoms with Gasteiger partial charge in [0.1, 0.15) is 0 Å². The van der Waals surface area contributed by atoms with E-state index >= 15 is 0 Å². The maximum atomic E-state index is 11.9. The third kappa shape index (κ3) is 8.52. The van der Waals surface area contributed by atoms with Crippen molar-refractivity contribution >= 4 is 29.4 Å². The molecule has 0 spiro atoms. The maximum absolute atomic E-state index is 11.9. The van der Waals surface area contributed by atoms with Crippen molar-refractivity contribution in [2.24, 2.45) is 5.73 Å². The van der Waals surface area contributed by atoms with Crippen LogP contribution in [0.5, 0.6) is 0 Å². The molecule has 0 fully saturated rings. The first-order valence-electron chi connectivity index (χ1n) is 7.11. The molecule has 1 rings (SSSR count). The summed E-state index contributed by atoms with van der Waals surface area (Å²) in [5, 5.41) is 11.8. The Balaban J connectivity index is 2.39. The van der Waals surface area contributed by atoms with E-state index in [-0.39, 0.29) is 11.5 Å². The van der Waals surface area contributed by atoms with Crippen molar-refractivity contribution in [3.8, 4) is 0 Å². The fraction of sp³-hybridized carbons (Fsp3) is 0.286. The number of hydrogen-bond acceptors (Lipinski definition) is 5. The van der Waals surface area contributed by atoms with Crippen LogP contribution in [0, 0.1) is 5.41 Å². The first-order chi connectivity index (χ1) is 12.1. The standard InChI is InChI=1S/C14H16F3N5O4/c15-14(16,17)5-4-11(24)26-22-10(23)7-20-12(25)8-2-1-3-9(6-8)21-13(18)19/h1-3,6H,4-5,7H2,(H,20,25)(H,22,23)(H4,18,19,21). The zero-order valence-electron chi connectivity index (χ0n) is 13.3. The average Bonchev–Trinajstić information content (AvgIpc) is 2.55. The van der Waals surface area contributed by atoms with Crippen LogP contribution < -0.4 is 21.8 Å². The number of benzene rings is 1. The molecule has 26 heavy (non-hydrogen) atoms. The lowest BCUT2D eigenvalue weighted by Crippen LogP contribution is -2.38. The summed E-state index contributed by atoms with van der Waals surface area (Å²) in [7, 11) is 0. The van der Waals surface area contributed by atoms with Crippen molar-refractivity contribution in [2.75, 3.05) is 11.9 Å². The molecule has 2 amide bonds. The summed E-state index contributed by atoms with van der Waals surface area (Å²) < 4.78 is 35.8. The number of alkyl halides is 3. The molecule has 0 saturated carbocycles. The second kappa shape index (κ2) is 9.25. The Morgan fingerprint density at radius 3 is 2.54 bits per heavy atom. The van der Waals surface area contributed by atoms with E-state index in [2.05, 4.69) is 15.5 Å². The highest BCUT2D eigenvalue weighted by molar-refractivity contribution is 5.98. The van der Waals surface area contributed by atoms with E-state index in [1.807, 2.05) is 0 Å². The molecule has 6 N–H and O–H groups in total. The third-order valence-corrected chi connectivity index (χ3v) is 2.70. The molecule has 0 aliphatic carbocycles. The second-order valence-electron chi connectivity index (χ2n) is 4.92. The van der Waals surface area contributed by atoms with Gasteiger partial charge in [0.05, 0.1) is 19.4 Å². The average molecular weight is 375 g/mol. The van der Waals surface area contributed by atoms with Gasteiger partial charge in [-0.2, -0.15) is 18.7 Å². The van der Waals surface area contributed by atoms with E-state index in [0.29, 0.717) is 5.69 Å². The van der Waals surface area contributed by atoms with Gasteiger partial charge < -0.3 is 21.2 Å². The number of rotatable bonds is 6. The molecule has 1 aromatic carbocycles. The first kappa shape index (κ1) is 20.7. The van der Waals surface area contributed by atoms with Crippen molar-refractivity contribution in [1.29, 1.82) is 5.41 Å². The number of nitrogens with two attached hydrogens (primary N) is 1. The van der Waals surface area contributed by atoms with Gasteiger partial charge in [0.25, 0.3) is 11.8 Å². The maximum Gasteiger partial charge on any atom is 0.389 e. The number of amides is 2. The van der Waals surface area contributed by atoms with Crippen molar-refractivity contribution in [2.45, 2.75) is 19.0 Å². The van der Waals surface area contributed by atoms with E-state index in [9.17, 15) is 27.6 Å². The Morgan fingerprint density at radius 1 is 1.23 bits per heavy atom. The van der Waals surface area contributed by atoms with Crippen LogP contribution in [0.4, 0.5) is 18.9 Å². The molecule has 0 heterocycles. The highest BCUT2D eigenvalue weighted by atomic mass is 19.4. The van der Waals surface area contributed by atoms with Gasteiger partial charge in [-0.1, -0.05) is 6.07 Å². The van der Waals surface area contributed by atoms with E-state index in [1.54, 1.807) is 11.5 Å². The lowest BCUT2D eigenvalue weighted by molar-refractivity contribution is -0.166. The summed E-state index contributed by atoms with van der Waals surface area (Å²) in [5.41, 5.74) is 7.34. The van der Waals surface area contributed by atoms with E-state index in [0.717, 1.165) is 0 Å². The fourth-order valence-corrected chi connectivity index (χ4v) is 1.60. The molecule has 0 saturated heterocycles. The predicted molar refractivity (Wildman–Crippen MR) is 83.8 cm³/mol. The SMILES string of the molecule is N=C(N)Nc1cccc(C(=O)NCC(=O)NOC(=O)CCC(F)(F)F)c1. The van der Waals surface area contributed by atoms with Crippen LogP contribution >= 0.6 is 0 Å². The summed E-state index contributed by atoms with van der Waals surface area (Å²) >= 11 is 0. The van der Waals surface area contributed by atoms with Gasteiger partial charge in [-0.25, -0.2) is 4.79 Å². The molecule has 1 aromatic rings. The fourth-order valence-electron chi connectivity index (χ4n) is 1.60. The quantitative estimate of drug-likeness (QED) is 0.280. The summed E-state index contributed by atoms with van der Waals surface area (Å²) in [5.74, 6) is -3.16. The minimum absolute atomic E-state index is 0.159. The summed E-state index contributed by atoms with van der Waals surface area (Å²) in [4.78, 5) is 38.5. The van der Waals surface area contributed by atoms with Gasteiger partial charge in [0.15, 0.2) is 5.96 Å². The molecule has 142 valence electrons. The molecule has 0 aliphatic heterocycles. The Hall–Kier alpha value is -3.31. The van der Waals surface area contributed by atoms with E-state index in [4.69, 9.17) is 11.1 Å². The van der Waals surface area contributed by atoms with Gasteiger partial charge in [-0.15, -0.1) is 0 Å². The number of carbonyl (C=O) groups excluding carboxylic acids is 3. The molecule has 0 radical (unpaired) electrons. The predicted octanol–water partition coefficient (Wildman–Crippen LogP) is 0.639. The number of anilines is 1. The summed E-state index contributed by atoms with van der Waals surface area (Å²) in [6, 6.07) is 5.90. The van der Waals surface area contributed by atoms with Crippen LogP contribution in [0.3, 0.4) is 0 Å². The van der Waals surface area contributed by atoms with Crippen LogP contribution in [0.25, 0.3) is 0 Å². The molecule has 0 atom stereocenters.